The summed E-state index contributed by atoms with van der Waals surface area (Å²) in [6, 6.07) is 15.7. The zero-order valence-corrected chi connectivity index (χ0v) is 13.4. The largest absolute Gasteiger partial charge is 0.493 e. The molecule has 0 saturated carbocycles. The van der Waals surface area contributed by atoms with Gasteiger partial charge < -0.3 is 14.8 Å². The number of ether oxygens (including phenoxy) is 2. The molecule has 22 heavy (non-hydrogen) atoms. The van der Waals surface area contributed by atoms with Gasteiger partial charge in [0.1, 0.15) is 0 Å². The van der Waals surface area contributed by atoms with Crippen LogP contribution in [0.2, 0.25) is 0 Å². The molecular weight excluding hydrogens is 274 g/mol. The Morgan fingerprint density at radius 1 is 1.05 bits per heavy atom. The third-order valence-electron chi connectivity index (χ3n) is 4.33. The van der Waals surface area contributed by atoms with Crippen molar-refractivity contribution in [2.24, 2.45) is 0 Å². The molecule has 2 atom stereocenters. The van der Waals surface area contributed by atoms with Gasteiger partial charge in [0.25, 0.3) is 0 Å². The molecule has 3 nitrogen and oxygen atoms in total. The maximum atomic E-state index is 5.41. The lowest BCUT2D eigenvalue weighted by molar-refractivity contribution is 0.354. The molecule has 0 amide bonds. The second-order valence-electron chi connectivity index (χ2n) is 5.92. The van der Waals surface area contributed by atoms with E-state index in [1.165, 1.54) is 16.7 Å². The molecule has 0 aliphatic carbocycles. The smallest absolute Gasteiger partial charge is 0.160 e. The molecule has 3 heteroatoms. The molecule has 0 bridgehead atoms. The van der Waals surface area contributed by atoms with Gasteiger partial charge in [0.2, 0.25) is 0 Å². The van der Waals surface area contributed by atoms with Crippen molar-refractivity contribution in [1.29, 1.82) is 0 Å². The molecule has 1 aliphatic rings. The minimum absolute atomic E-state index is 0.345. The highest BCUT2D eigenvalue weighted by atomic mass is 16.5. The van der Waals surface area contributed by atoms with Gasteiger partial charge in [-0.15, -0.1) is 0 Å². The highest BCUT2D eigenvalue weighted by Gasteiger charge is 2.23. The van der Waals surface area contributed by atoms with E-state index >= 15 is 0 Å². The van der Waals surface area contributed by atoms with E-state index in [-0.39, 0.29) is 0 Å². The van der Waals surface area contributed by atoms with Crippen molar-refractivity contribution in [2.75, 3.05) is 14.2 Å². The van der Waals surface area contributed by atoms with E-state index in [0.717, 1.165) is 24.3 Å². The van der Waals surface area contributed by atoms with Gasteiger partial charge in [-0.3, -0.25) is 0 Å². The molecular formula is C19H23NO2. The Hall–Kier alpha value is -2.00. The average Bonchev–Trinajstić information content (AvgIpc) is 2.54. The second-order valence-corrected chi connectivity index (χ2v) is 5.92. The summed E-state index contributed by atoms with van der Waals surface area (Å²) >= 11 is 0. The Bertz CT molecular complexity index is 654. The van der Waals surface area contributed by atoms with Crippen molar-refractivity contribution in [2.45, 2.75) is 31.8 Å². The van der Waals surface area contributed by atoms with E-state index in [1.54, 1.807) is 14.2 Å². The molecule has 0 aromatic heterocycles. The summed E-state index contributed by atoms with van der Waals surface area (Å²) in [5.41, 5.74) is 4.12. The molecule has 0 radical (unpaired) electrons. The van der Waals surface area contributed by atoms with Crippen LogP contribution in [0.25, 0.3) is 0 Å². The minimum atomic E-state index is 0.345. The molecule has 116 valence electrons. The van der Waals surface area contributed by atoms with Crippen molar-refractivity contribution in [1.82, 2.24) is 5.32 Å². The van der Waals surface area contributed by atoms with Gasteiger partial charge in [-0.05, 0) is 48.6 Å². The van der Waals surface area contributed by atoms with Gasteiger partial charge in [-0.2, -0.15) is 0 Å². The van der Waals surface area contributed by atoms with Crippen molar-refractivity contribution >= 4 is 0 Å². The first kappa shape index (κ1) is 14.9. The maximum Gasteiger partial charge on any atom is 0.160 e. The lowest BCUT2D eigenvalue weighted by atomic mass is 9.87. The number of benzene rings is 2. The van der Waals surface area contributed by atoms with Gasteiger partial charge in [0, 0.05) is 12.1 Å². The molecule has 2 unspecified atom stereocenters. The van der Waals surface area contributed by atoms with Crippen molar-refractivity contribution < 1.29 is 9.47 Å². The van der Waals surface area contributed by atoms with Crippen LogP contribution >= 0.6 is 0 Å². The molecule has 2 aromatic rings. The van der Waals surface area contributed by atoms with Crippen LogP contribution in [0, 0.1) is 0 Å². The van der Waals surface area contributed by atoms with Crippen LogP contribution < -0.4 is 14.8 Å². The Labute approximate surface area is 132 Å². The highest BCUT2D eigenvalue weighted by Crippen LogP contribution is 2.32. The summed E-state index contributed by atoms with van der Waals surface area (Å²) in [5, 5.41) is 3.72. The quantitative estimate of drug-likeness (QED) is 0.936. The molecule has 2 aromatic carbocycles. The Morgan fingerprint density at radius 3 is 2.59 bits per heavy atom. The van der Waals surface area contributed by atoms with Gasteiger partial charge in [0.05, 0.1) is 14.2 Å². The van der Waals surface area contributed by atoms with E-state index in [9.17, 15) is 0 Å². The van der Waals surface area contributed by atoms with E-state index in [2.05, 4.69) is 48.6 Å². The second kappa shape index (κ2) is 6.41. The van der Waals surface area contributed by atoms with Crippen LogP contribution in [0.4, 0.5) is 0 Å². The standard InChI is InChI=1S/C19H23NO2/c1-13-10-15-6-4-5-7-16(15)17(20-13)11-14-8-9-18(21-2)19(12-14)22-3/h4-9,12-13,17,20H,10-11H2,1-3H3. The van der Waals surface area contributed by atoms with Gasteiger partial charge in [-0.1, -0.05) is 30.3 Å². The molecule has 1 N–H and O–H groups in total. The topological polar surface area (TPSA) is 30.5 Å². The molecule has 0 spiro atoms. The van der Waals surface area contributed by atoms with Crippen LogP contribution in [0.3, 0.4) is 0 Å². The molecule has 1 aliphatic heterocycles. The maximum absolute atomic E-state index is 5.41. The predicted octanol–water partition coefficient (Wildman–Crippen LogP) is 3.52. The monoisotopic (exact) mass is 297 g/mol. The van der Waals surface area contributed by atoms with Gasteiger partial charge in [-0.25, -0.2) is 0 Å². The van der Waals surface area contributed by atoms with Gasteiger partial charge in [0.15, 0.2) is 11.5 Å². The van der Waals surface area contributed by atoms with Crippen molar-refractivity contribution in [3.63, 3.8) is 0 Å². The summed E-state index contributed by atoms with van der Waals surface area (Å²) in [4.78, 5) is 0. The Morgan fingerprint density at radius 2 is 1.82 bits per heavy atom. The zero-order valence-electron chi connectivity index (χ0n) is 13.4. The minimum Gasteiger partial charge on any atom is -0.493 e. The summed E-state index contributed by atoms with van der Waals surface area (Å²) in [7, 11) is 3.34. The third-order valence-corrected chi connectivity index (χ3v) is 4.33. The van der Waals surface area contributed by atoms with Crippen LogP contribution in [0.1, 0.15) is 29.7 Å². The van der Waals surface area contributed by atoms with E-state index in [1.807, 2.05) is 6.07 Å². The first-order valence-electron chi connectivity index (χ1n) is 7.76. The van der Waals surface area contributed by atoms with E-state index < -0.39 is 0 Å². The number of hydrogen-bond acceptors (Lipinski definition) is 3. The van der Waals surface area contributed by atoms with E-state index in [0.29, 0.717) is 12.1 Å². The summed E-state index contributed by atoms with van der Waals surface area (Å²) < 4.78 is 10.7. The summed E-state index contributed by atoms with van der Waals surface area (Å²) in [6.45, 7) is 2.25. The molecule has 1 heterocycles. The third kappa shape index (κ3) is 2.95. The van der Waals surface area contributed by atoms with Crippen LogP contribution in [-0.2, 0) is 12.8 Å². The lowest BCUT2D eigenvalue weighted by Crippen LogP contribution is -2.38. The Kier molecular flexibility index (Phi) is 4.34. The fourth-order valence-electron chi connectivity index (χ4n) is 3.29. The number of methoxy groups -OCH3 is 2. The van der Waals surface area contributed by atoms with Gasteiger partial charge >= 0.3 is 0 Å². The average molecular weight is 297 g/mol. The van der Waals surface area contributed by atoms with Crippen LogP contribution in [0.15, 0.2) is 42.5 Å². The molecule has 3 rings (SSSR count). The van der Waals surface area contributed by atoms with Crippen molar-refractivity contribution in [3.8, 4) is 11.5 Å². The fraction of sp³-hybridized carbons (Fsp3) is 0.368. The lowest BCUT2D eigenvalue weighted by Gasteiger charge is -2.31. The van der Waals surface area contributed by atoms with Crippen molar-refractivity contribution in [3.05, 3.63) is 59.2 Å². The molecule has 0 fully saturated rings. The van der Waals surface area contributed by atoms with E-state index in [4.69, 9.17) is 9.47 Å². The zero-order chi connectivity index (χ0) is 15.5. The number of fused-ring (bicyclic) bond motifs is 1. The van der Waals surface area contributed by atoms with Crippen LogP contribution in [-0.4, -0.2) is 20.3 Å². The number of hydrogen-bond donors (Lipinski definition) is 1. The first-order chi connectivity index (χ1) is 10.7. The predicted molar refractivity (Wildman–Crippen MR) is 88.7 cm³/mol. The Balaban J connectivity index is 1.87. The highest BCUT2D eigenvalue weighted by molar-refractivity contribution is 5.44. The molecule has 0 saturated heterocycles. The SMILES string of the molecule is COc1ccc(CC2NC(C)Cc3ccccc32)cc1OC. The number of nitrogens with one attached hydrogen (secondary N) is 1. The fourth-order valence-corrected chi connectivity index (χ4v) is 3.29. The first-order valence-corrected chi connectivity index (χ1v) is 7.76. The number of rotatable bonds is 4. The summed E-state index contributed by atoms with van der Waals surface area (Å²) in [6.07, 6.45) is 2.04. The normalized spacial score (nSPS) is 20.3. The summed E-state index contributed by atoms with van der Waals surface area (Å²) in [5.74, 6) is 1.56. The van der Waals surface area contributed by atoms with Crippen LogP contribution in [0.5, 0.6) is 11.5 Å².